The fourth-order valence-corrected chi connectivity index (χ4v) is 3.45. The van der Waals surface area contributed by atoms with Crippen LogP contribution in [0, 0.1) is 5.82 Å². The predicted molar refractivity (Wildman–Crippen MR) is 93.0 cm³/mol. The van der Waals surface area contributed by atoms with Gasteiger partial charge in [0.05, 0.1) is 6.04 Å². The molecule has 0 aliphatic carbocycles. The Kier molecular flexibility index (Phi) is 5.99. The Balaban J connectivity index is 1.57. The summed E-state index contributed by atoms with van der Waals surface area (Å²) in [4.78, 5) is 14.9. The molecule has 0 aromatic heterocycles. The third kappa shape index (κ3) is 4.65. The minimum atomic E-state index is -0.220. The van der Waals surface area contributed by atoms with E-state index in [9.17, 15) is 9.18 Å². The maximum absolute atomic E-state index is 13.1. The van der Waals surface area contributed by atoms with Crippen LogP contribution in [0.15, 0.2) is 35.9 Å². The van der Waals surface area contributed by atoms with Gasteiger partial charge in [0.1, 0.15) is 5.82 Å². The van der Waals surface area contributed by atoms with Crippen LogP contribution in [0.4, 0.5) is 4.39 Å². The normalized spacial score (nSPS) is 22.0. The van der Waals surface area contributed by atoms with Crippen LogP contribution in [0.3, 0.4) is 0 Å². The maximum atomic E-state index is 13.1. The van der Waals surface area contributed by atoms with E-state index in [-0.39, 0.29) is 17.8 Å². The number of nitrogens with zero attached hydrogens (tertiary/aromatic N) is 1. The summed E-state index contributed by atoms with van der Waals surface area (Å²) in [6.45, 7) is 4.15. The van der Waals surface area contributed by atoms with E-state index in [1.54, 1.807) is 12.1 Å². The summed E-state index contributed by atoms with van der Waals surface area (Å²) in [5.74, 6) is -0.0989. The molecule has 1 saturated heterocycles. The molecular weight excluding hydrogens is 305 g/mol. The van der Waals surface area contributed by atoms with Crippen LogP contribution in [-0.2, 0) is 11.3 Å². The molecular formula is C19H26FN3O. The summed E-state index contributed by atoms with van der Waals surface area (Å²) in [6.07, 6.45) is 6.27. The largest absolute Gasteiger partial charge is 0.351 e. The van der Waals surface area contributed by atoms with Crippen molar-refractivity contribution in [2.24, 2.45) is 0 Å². The number of carbonyl (C=O) groups is 1. The molecule has 2 aliphatic rings. The summed E-state index contributed by atoms with van der Waals surface area (Å²) >= 11 is 0. The summed E-state index contributed by atoms with van der Waals surface area (Å²) in [6, 6.07) is 6.50. The predicted octanol–water partition coefficient (Wildman–Crippen LogP) is 2.22. The van der Waals surface area contributed by atoms with Crippen LogP contribution in [-0.4, -0.2) is 43.0 Å². The standard InChI is InChI=1S/C19H26FN3O/c20-17-6-4-16(5-7-17)14-23-12-2-1-3-18(23)19(24)22-13-15-8-10-21-11-9-15/h4-8,18,21H,1-3,9-14H2,(H,22,24). The lowest BCUT2D eigenvalue weighted by molar-refractivity contribution is -0.127. The Morgan fingerprint density at radius 3 is 2.88 bits per heavy atom. The smallest absolute Gasteiger partial charge is 0.237 e. The summed E-state index contributed by atoms with van der Waals surface area (Å²) in [5, 5.41) is 6.39. The molecule has 0 radical (unpaired) electrons. The Hall–Kier alpha value is -1.72. The molecule has 1 fully saturated rings. The van der Waals surface area contributed by atoms with Crippen molar-refractivity contribution in [2.45, 2.75) is 38.3 Å². The van der Waals surface area contributed by atoms with E-state index >= 15 is 0 Å². The average molecular weight is 331 g/mol. The minimum Gasteiger partial charge on any atom is -0.351 e. The Morgan fingerprint density at radius 2 is 2.12 bits per heavy atom. The van der Waals surface area contributed by atoms with Gasteiger partial charge in [0, 0.05) is 19.6 Å². The van der Waals surface area contributed by atoms with Crippen molar-refractivity contribution in [1.29, 1.82) is 0 Å². The second kappa shape index (κ2) is 8.40. The van der Waals surface area contributed by atoms with Crippen molar-refractivity contribution < 1.29 is 9.18 Å². The third-order valence-corrected chi connectivity index (χ3v) is 4.86. The lowest BCUT2D eigenvalue weighted by Crippen LogP contribution is -2.49. The van der Waals surface area contributed by atoms with Crippen LogP contribution >= 0.6 is 0 Å². The van der Waals surface area contributed by atoms with E-state index in [2.05, 4.69) is 21.6 Å². The van der Waals surface area contributed by atoms with Crippen LogP contribution in [0.2, 0.25) is 0 Å². The SMILES string of the molecule is O=C(NCC1=CCNCC1)C1CCCCN1Cc1ccc(F)cc1. The van der Waals surface area contributed by atoms with Gasteiger partial charge >= 0.3 is 0 Å². The van der Waals surface area contributed by atoms with Crippen molar-refractivity contribution in [3.8, 4) is 0 Å². The van der Waals surface area contributed by atoms with Gasteiger partial charge in [-0.05, 0) is 50.0 Å². The Labute approximate surface area is 143 Å². The molecule has 5 heteroatoms. The van der Waals surface area contributed by atoms with E-state index in [0.717, 1.165) is 50.9 Å². The molecule has 4 nitrogen and oxygen atoms in total. The average Bonchev–Trinajstić information content (AvgIpc) is 2.63. The number of carbonyl (C=O) groups excluding carboxylic acids is 1. The number of halogens is 1. The van der Waals surface area contributed by atoms with Crippen molar-refractivity contribution in [2.75, 3.05) is 26.2 Å². The summed E-state index contributed by atoms with van der Waals surface area (Å²) < 4.78 is 13.1. The lowest BCUT2D eigenvalue weighted by Gasteiger charge is -2.34. The summed E-state index contributed by atoms with van der Waals surface area (Å²) in [7, 11) is 0. The highest BCUT2D eigenvalue weighted by atomic mass is 19.1. The molecule has 2 N–H and O–H groups in total. The second-order valence-corrected chi connectivity index (χ2v) is 6.64. The van der Waals surface area contributed by atoms with Gasteiger partial charge in [-0.25, -0.2) is 4.39 Å². The molecule has 1 unspecified atom stereocenters. The number of piperidine rings is 1. The molecule has 2 aliphatic heterocycles. The van der Waals surface area contributed by atoms with Gasteiger partial charge in [0.15, 0.2) is 0 Å². The maximum Gasteiger partial charge on any atom is 0.237 e. The number of nitrogens with one attached hydrogen (secondary N) is 2. The molecule has 3 rings (SSSR count). The highest BCUT2D eigenvalue weighted by molar-refractivity contribution is 5.82. The summed E-state index contributed by atoms with van der Waals surface area (Å²) in [5.41, 5.74) is 2.36. The first kappa shape index (κ1) is 17.1. The number of likely N-dealkylation sites (tertiary alicyclic amines) is 1. The molecule has 0 bridgehead atoms. The zero-order chi connectivity index (χ0) is 16.8. The van der Waals surface area contributed by atoms with Crippen molar-refractivity contribution in [3.05, 3.63) is 47.3 Å². The van der Waals surface area contributed by atoms with E-state index in [1.807, 2.05) is 0 Å². The van der Waals surface area contributed by atoms with Gasteiger partial charge in [-0.15, -0.1) is 0 Å². The molecule has 0 spiro atoms. The van der Waals surface area contributed by atoms with Crippen molar-refractivity contribution in [1.82, 2.24) is 15.5 Å². The molecule has 130 valence electrons. The van der Waals surface area contributed by atoms with Crippen LogP contribution in [0.5, 0.6) is 0 Å². The Bertz CT molecular complexity index is 585. The molecule has 2 heterocycles. The van der Waals surface area contributed by atoms with Gasteiger partial charge in [-0.2, -0.15) is 0 Å². The Morgan fingerprint density at radius 1 is 1.29 bits per heavy atom. The van der Waals surface area contributed by atoms with Gasteiger partial charge in [0.2, 0.25) is 5.91 Å². The van der Waals surface area contributed by atoms with Crippen LogP contribution < -0.4 is 10.6 Å². The molecule has 1 aromatic carbocycles. The van der Waals surface area contributed by atoms with Crippen LogP contribution in [0.25, 0.3) is 0 Å². The number of hydrogen-bond acceptors (Lipinski definition) is 3. The zero-order valence-electron chi connectivity index (χ0n) is 14.1. The van der Waals surface area contributed by atoms with Gasteiger partial charge in [-0.1, -0.05) is 30.2 Å². The quantitative estimate of drug-likeness (QED) is 0.813. The number of amides is 1. The number of benzene rings is 1. The first-order valence-corrected chi connectivity index (χ1v) is 8.87. The second-order valence-electron chi connectivity index (χ2n) is 6.64. The van der Waals surface area contributed by atoms with E-state index in [0.29, 0.717) is 13.1 Å². The fraction of sp³-hybridized carbons (Fsp3) is 0.526. The first-order chi connectivity index (χ1) is 11.7. The van der Waals surface area contributed by atoms with Gasteiger partial charge < -0.3 is 10.6 Å². The highest BCUT2D eigenvalue weighted by Crippen LogP contribution is 2.20. The fourth-order valence-electron chi connectivity index (χ4n) is 3.45. The molecule has 24 heavy (non-hydrogen) atoms. The van der Waals surface area contributed by atoms with E-state index in [1.165, 1.54) is 17.7 Å². The highest BCUT2D eigenvalue weighted by Gasteiger charge is 2.28. The monoisotopic (exact) mass is 331 g/mol. The van der Waals surface area contributed by atoms with Crippen molar-refractivity contribution >= 4 is 5.91 Å². The minimum absolute atomic E-state index is 0.0777. The number of hydrogen-bond donors (Lipinski definition) is 2. The van der Waals surface area contributed by atoms with Crippen LogP contribution in [0.1, 0.15) is 31.2 Å². The lowest BCUT2D eigenvalue weighted by atomic mass is 10.00. The zero-order valence-corrected chi connectivity index (χ0v) is 14.1. The first-order valence-electron chi connectivity index (χ1n) is 8.87. The molecule has 1 atom stereocenters. The molecule has 0 saturated carbocycles. The van der Waals surface area contributed by atoms with E-state index < -0.39 is 0 Å². The van der Waals surface area contributed by atoms with E-state index in [4.69, 9.17) is 0 Å². The topological polar surface area (TPSA) is 44.4 Å². The third-order valence-electron chi connectivity index (χ3n) is 4.86. The van der Waals surface area contributed by atoms with Gasteiger partial charge in [-0.3, -0.25) is 9.69 Å². The molecule has 1 aromatic rings. The number of rotatable bonds is 5. The molecule has 1 amide bonds. The van der Waals surface area contributed by atoms with Crippen molar-refractivity contribution in [3.63, 3.8) is 0 Å². The van der Waals surface area contributed by atoms with Gasteiger partial charge in [0.25, 0.3) is 0 Å².